The van der Waals surface area contributed by atoms with Crippen molar-refractivity contribution in [1.82, 2.24) is 5.32 Å². The molecule has 0 bridgehead atoms. The van der Waals surface area contributed by atoms with Crippen LogP contribution < -0.4 is 10.6 Å². The summed E-state index contributed by atoms with van der Waals surface area (Å²) in [5.74, 6) is -0.481. The van der Waals surface area contributed by atoms with Crippen LogP contribution in [0.1, 0.15) is 20.7 Å². The number of para-hydroxylation sites is 1. The molecule has 2 aromatic heterocycles. The third-order valence-corrected chi connectivity index (χ3v) is 5.37. The van der Waals surface area contributed by atoms with Crippen LogP contribution in [0.15, 0.2) is 53.9 Å². The van der Waals surface area contributed by atoms with Gasteiger partial charge in [-0.25, -0.2) is 9.18 Å². The Morgan fingerprint density at radius 1 is 1.12 bits per heavy atom. The van der Waals surface area contributed by atoms with E-state index in [1.54, 1.807) is 12.1 Å². The molecule has 1 atom stereocenters. The van der Waals surface area contributed by atoms with Gasteiger partial charge >= 0.3 is 6.03 Å². The molecule has 0 aliphatic carbocycles. The topological polar surface area (TPSA) is 61.4 Å². The first-order chi connectivity index (χ1) is 11.6. The second kappa shape index (κ2) is 7.57. The molecule has 24 heavy (non-hydrogen) atoms. The highest BCUT2D eigenvalue weighted by atomic mass is 32.1. The molecule has 0 aliphatic heterocycles. The second-order valence-electron chi connectivity index (χ2n) is 5.01. The lowest BCUT2D eigenvalue weighted by Gasteiger charge is -2.07. The Bertz CT molecular complexity index is 818. The van der Waals surface area contributed by atoms with Crippen LogP contribution >= 0.6 is 22.7 Å². The molecule has 124 valence electrons. The summed E-state index contributed by atoms with van der Waals surface area (Å²) in [7, 11) is 0. The van der Waals surface area contributed by atoms with E-state index in [0.29, 0.717) is 6.54 Å². The Morgan fingerprint density at radius 2 is 1.96 bits per heavy atom. The Labute approximate surface area is 146 Å². The Morgan fingerprint density at radius 3 is 2.71 bits per heavy atom. The van der Waals surface area contributed by atoms with Crippen molar-refractivity contribution >= 4 is 34.4 Å². The number of thiophene rings is 2. The van der Waals surface area contributed by atoms with Crippen LogP contribution in [0.3, 0.4) is 0 Å². The molecule has 2 heterocycles. The maximum atomic E-state index is 13.5. The van der Waals surface area contributed by atoms with Gasteiger partial charge in [-0.3, -0.25) is 0 Å². The number of halogens is 1. The molecule has 0 spiro atoms. The standard InChI is InChI=1S/C17H15FN2O2S2/c18-12-4-1-2-5-13(12)20-17(22)19-10-11-7-8-15(24-11)16(21)14-6-3-9-23-14/h1-9,16,21H,10H2,(H2,19,20,22). The Hall–Kier alpha value is -2.22. The largest absolute Gasteiger partial charge is 0.382 e. The van der Waals surface area contributed by atoms with Gasteiger partial charge in [0.1, 0.15) is 11.9 Å². The fourth-order valence-electron chi connectivity index (χ4n) is 2.12. The summed E-state index contributed by atoms with van der Waals surface area (Å²) in [6, 6.07) is 13.0. The van der Waals surface area contributed by atoms with Crippen LogP contribution in [0.25, 0.3) is 0 Å². The summed E-state index contributed by atoms with van der Waals surface area (Å²) >= 11 is 2.93. The number of hydrogen-bond donors (Lipinski definition) is 3. The maximum Gasteiger partial charge on any atom is 0.319 e. The van der Waals surface area contributed by atoms with Gasteiger partial charge in [-0.2, -0.15) is 0 Å². The normalized spacial score (nSPS) is 11.9. The van der Waals surface area contributed by atoms with Crippen molar-refractivity contribution in [1.29, 1.82) is 0 Å². The van der Waals surface area contributed by atoms with Crippen molar-refractivity contribution in [2.75, 3.05) is 5.32 Å². The molecular formula is C17H15FN2O2S2. The van der Waals surface area contributed by atoms with Crippen LogP contribution in [0, 0.1) is 5.82 Å². The molecule has 3 rings (SSSR count). The maximum absolute atomic E-state index is 13.5. The molecule has 1 aromatic carbocycles. The summed E-state index contributed by atoms with van der Waals surface area (Å²) in [6.45, 7) is 0.308. The lowest BCUT2D eigenvalue weighted by molar-refractivity contribution is 0.228. The van der Waals surface area contributed by atoms with E-state index in [2.05, 4.69) is 10.6 Å². The highest BCUT2D eigenvalue weighted by Crippen LogP contribution is 2.30. The fraction of sp³-hybridized carbons (Fsp3) is 0.118. The number of hydrogen-bond acceptors (Lipinski definition) is 4. The molecule has 0 radical (unpaired) electrons. The molecular weight excluding hydrogens is 347 g/mol. The van der Waals surface area contributed by atoms with Gasteiger partial charge in [0.25, 0.3) is 0 Å². The zero-order valence-corrected chi connectivity index (χ0v) is 14.2. The first kappa shape index (κ1) is 16.6. The van der Waals surface area contributed by atoms with E-state index in [1.807, 2.05) is 29.6 Å². The minimum atomic E-state index is -0.643. The van der Waals surface area contributed by atoms with Gasteiger partial charge in [0, 0.05) is 14.6 Å². The first-order valence-electron chi connectivity index (χ1n) is 7.23. The number of rotatable bonds is 5. The van der Waals surface area contributed by atoms with Crippen LogP contribution in [0.5, 0.6) is 0 Å². The van der Waals surface area contributed by atoms with E-state index in [1.165, 1.54) is 34.8 Å². The van der Waals surface area contributed by atoms with Gasteiger partial charge in [0.15, 0.2) is 0 Å². The fourth-order valence-corrected chi connectivity index (χ4v) is 3.88. The van der Waals surface area contributed by atoms with Crippen LogP contribution in [-0.2, 0) is 6.54 Å². The predicted molar refractivity (Wildman–Crippen MR) is 95.0 cm³/mol. The Kier molecular flexibility index (Phi) is 5.24. The van der Waals surface area contributed by atoms with Crippen molar-refractivity contribution in [3.63, 3.8) is 0 Å². The van der Waals surface area contributed by atoms with Crippen LogP contribution in [0.2, 0.25) is 0 Å². The van der Waals surface area contributed by atoms with Gasteiger partial charge in [0.2, 0.25) is 0 Å². The van der Waals surface area contributed by atoms with E-state index < -0.39 is 18.0 Å². The average molecular weight is 362 g/mol. The highest BCUT2D eigenvalue weighted by Gasteiger charge is 2.14. The molecule has 1 unspecified atom stereocenters. The molecule has 0 fully saturated rings. The number of nitrogens with one attached hydrogen (secondary N) is 2. The number of carbonyl (C=O) groups is 1. The molecule has 3 N–H and O–H groups in total. The number of aliphatic hydroxyl groups is 1. The van der Waals surface area contributed by atoms with E-state index in [0.717, 1.165) is 14.6 Å². The zero-order chi connectivity index (χ0) is 16.9. The average Bonchev–Trinajstić information content (AvgIpc) is 3.26. The van der Waals surface area contributed by atoms with Gasteiger partial charge in [-0.1, -0.05) is 18.2 Å². The summed E-state index contributed by atoms with van der Waals surface area (Å²) in [5, 5.41) is 17.3. The number of benzene rings is 1. The third kappa shape index (κ3) is 4.00. The van der Waals surface area contributed by atoms with Crippen molar-refractivity contribution in [2.24, 2.45) is 0 Å². The van der Waals surface area contributed by atoms with Crippen LogP contribution in [-0.4, -0.2) is 11.1 Å². The molecule has 0 saturated carbocycles. The lowest BCUT2D eigenvalue weighted by Crippen LogP contribution is -2.28. The molecule has 0 aliphatic rings. The second-order valence-corrected chi connectivity index (χ2v) is 7.19. The first-order valence-corrected chi connectivity index (χ1v) is 8.92. The summed E-state index contributed by atoms with van der Waals surface area (Å²) in [4.78, 5) is 14.4. The molecule has 7 heteroatoms. The molecule has 3 aromatic rings. The van der Waals surface area contributed by atoms with Gasteiger partial charge in [-0.05, 0) is 35.7 Å². The van der Waals surface area contributed by atoms with Gasteiger partial charge < -0.3 is 15.7 Å². The minimum absolute atomic E-state index is 0.134. The van der Waals surface area contributed by atoms with Gasteiger partial charge in [-0.15, -0.1) is 22.7 Å². The number of amides is 2. The van der Waals surface area contributed by atoms with Crippen molar-refractivity contribution in [2.45, 2.75) is 12.6 Å². The van der Waals surface area contributed by atoms with Crippen molar-refractivity contribution in [3.8, 4) is 0 Å². The number of carbonyl (C=O) groups excluding carboxylic acids is 1. The predicted octanol–water partition coefficient (Wildman–Crippen LogP) is 4.35. The monoisotopic (exact) mass is 362 g/mol. The summed E-state index contributed by atoms with van der Waals surface area (Å²) in [5.41, 5.74) is 0.134. The smallest absolute Gasteiger partial charge is 0.319 e. The molecule has 4 nitrogen and oxygen atoms in total. The van der Waals surface area contributed by atoms with Crippen molar-refractivity contribution in [3.05, 3.63) is 74.4 Å². The summed E-state index contributed by atoms with van der Waals surface area (Å²) in [6.07, 6.45) is -0.643. The van der Waals surface area contributed by atoms with Gasteiger partial charge in [0.05, 0.1) is 12.2 Å². The van der Waals surface area contributed by atoms with E-state index in [4.69, 9.17) is 0 Å². The lowest BCUT2D eigenvalue weighted by atomic mass is 10.2. The quantitative estimate of drug-likeness (QED) is 0.632. The SMILES string of the molecule is O=C(NCc1ccc(C(O)c2cccs2)s1)Nc1ccccc1F. The van der Waals surface area contributed by atoms with Crippen molar-refractivity contribution < 1.29 is 14.3 Å². The summed E-state index contributed by atoms with van der Waals surface area (Å²) < 4.78 is 13.5. The third-order valence-electron chi connectivity index (χ3n) is 3.31. The molecule has 0 saturated heterocycles. The number of anilines is 1. The number of urea groups is 1. The van der Waals surface area contributed by atoms with E-state index in [-0.39, 0.29) is 5.69 Å². The minimum Gasteiger partial charge on any atom is -0.382 e. The van der Waals surface area contributed by atoms with Crippen LogP contribution in [0.4, 0.5) is 14.9 Å². The van der Waals surface area contributed by atoms with E-state index in [9.17, 15) is 14.3 Å². The van der Waals surface area contributed by atoms with E-state index >= 15 is 0 Å². The highest BCUT2D eigenvalue weighted by molar-refractivity contribution is 7.12. The number of aliphatic hydroxyl groups excluding tert-OH is 1. The zero-order valence-electron chi connectivity index (χ0n) is 12.5. The molecule has 2 amide bonds. The Balaban J connectivity index is 1.55.